The Bertz CT molecular complexity index is 626. The lowest BCUT2D eigenvalue weighted by Gasteiger charge is -2.02. The third kappa shape index (κ3) is 2.13. The largest absolute Gasteiger partial charge is 0.508 e. The number of carbonyl (C=O) groups is 1. The van der Waals surface area contributed by atoms with Crippen LogP contribution in [0.5, 0.6) is 5.75 Å². The van der Waals surface area contributed by atoms with Crippen molar-refractivity contribution in [3.05, 3.63) is 40.2 Å². The summed E-state index contributed by atoms with van der Waals surface area (Å²) in [7, 11) is 0. The maximum absolute atomic E-state index is 11.5. The molecular weight excluding hydrogens is 224 g/mol. The zero-order valence-electron chi connectivity index (χ0n) is 9.10. The molecular formula is C12H10O5. The predicted octanol–water partition coefficient (Wildman–Crippen LogP) is 1.68. The van der Waals surface area contributed by atoms with Gasteiger partial charge in [-0.3, -0.25) is 0 Å². The van der Waals surface area contributed by atoms with E-state index in [0.29, 0.717) is 5.39 Å². The fraction of sp³-hybridized carbons (Fsp3) is 0.167. The van der Waals surface area contributed by atoms with Crippen LogP contribution in [0.4, 0.5) is 0 Å². The van der Waals surface area contributed by atoms with Gasteiger partial charge in [0.1, 0.15) is 16.9 Å². The molecule has 0 saturated heterocycles. The van der Waals surface area contributed by atoms with Gasteiger partial charge in [0.15, 0.2) is 0 Å². The number of aromatic hydroxyl groups is 1. The van der Waals surface area contributed by atoms with E-state index in [0.717, 1.165) is 0 Å². The Morgan fingerprint density at radius 1 is 1.41 bits per heavy atom. The van der Waals surface area contributed by atoms with Gasteiger partial charge >= 0.3 is 11.6 Å². The minimum absolute atomic E-state index is 0.00969. The Balaban J connectivity index is 2.60. The zero-order chi connectivity index (χ0) is 12.4. The molecule has 5 nitrogen and oxygen atoms in total. The third-order valence-corrected chi connectivity index (χ3v) is 2.21. The highest BCUT2D eigenvalue weighted by Crippen LogP contribution is 2.19. The summed E-state index contributed by atoms with van der Waals surface area (Å²) in [4.78, 5) is 23.0. The summed E-state index contributed by atoms with van der Waals surface area (Å²) in [5, 5.41) is 9.78. The van der Waals surface area contributed by atoms with Gasteiger partial charge in [-0.25, -0.2) is 9.59 Å². The van der Waals surface area contributed by atoms with Crippen molar-refractivity contribution in [1.82, 2.24) is 0 Å². The van der Waals surface area contributed by atoms with E-state index in [1.165, 1.54) is 18.2 Å². The Kier molecular flexibility index (Phi) is 2.82. The molecule has 0 saturated carbocycles. The van der Waals surface area contributed by atoms with E-state index >= 15 is 0 Å². The number of phenols is 1. The lowest BCUT2D eigenvalue weighted by molar-refractivity contribution is 0.0522. The van der Waals surface area contributed by atoms with Gasteiger partial charge < -0.3 is 14.3 Å². The molecule has 1 aromatic carbocycles. The minimum Gasteiger partial charge on any atom is -0.508 e. The standard InChI is InChI=1S/C12H10O5/c1-2-16-11(14)9-5-7-3-4-8(13)6-10(7)17-12(9)15/h3-6,13H,2H2,1H3. The topological polar surface area (TPSA) is 76.7 Å². The molecule has 1 aromatic heterocycles. The van der Waals surface area contributed by atoms with E-state index in [2.05, 4.69) is 0 Å². The summed E-state index contributed by atoms with van der Waals surface area (Å²) >= 11 is 0. The van der Waals surface area contributed by atoms with E-state index < -0.39 is 11.6 Å². The van der Waals surface area contributed by atoms with Gasteiger partial charge in [-0.2, -0.15) is 0 Å². The van der Waals surface area contributed by atoms with Crippen LogP contribution in [-0.4, -0.2) is 17.7 Å². The molecule has 2 rings (SSSR count). The second kappa shape index (κ2) is 4.29. The SMILES string of the molecule is CCOC(=O)c1cc2ccc(O)cc2oc1=O. The molecule has 0 bridgehead atoms. The van der Waals surface area contributed by atoms with Crippen LogP contribution in [0.15, 0.2) is 33.5 Å². The van der Waals surface area contributed by atoms with Crippen LogP contribution in [0.1, 0.15) is 17.3 Å². The molecule has 1 heterocycles. The summed E-state index contributed by atoms with van der Waals surface area (Å²) < 4.78 is 9.66. The van der Waals surface area contributed by atoms with Crippen LogP contribution < -0.4 is 5.63 Å². The van der Waals surface area contributed by atoms with Crippen molar-refractivity contribution in [2.24, 2.45) is 0 Å². The number of hydrogen-bond acceptors (Lipinski definition) is 5. The average Bonchev–Trinajstić information content (AvgIpc) is 2.28. The van der Waals surface area contributed by atoms with Crippen LogP contribution >= 0.6 is 0 Å². The minimum atomic E-state index is -0.776. The first-order chi connectivity index (χ1) is 8.11. The summed E-state index contributed by atoms with van der Waals surface area (Å²) in [5.74, 6) is -0.722. The van der Waals surface area contributed by atoms with Crippen molar-refractivity contribution >= 4 is 16.9 Å². The number of esters is 1. The second-order valence-corrected chi connectivity index (χ2v) is 3.39. The van der Waals surface area contributed by atoms with Gasteiger partial charge in [-0.15, -0.1) is 0 Å². The third-order valence-electron chi connectivity index (χ3n) is 2.21. The molecule has 0 spiro atoms. The number of ether oxygens (including phenoxy) is 1. The molecule has 0 amide bonds. The van der Waals surface area contributed by atoms with Gasteiger partial charge in [0.2, 0.25) is 0 Å². The number of rotatable bonds is 2. The number of phenolic OH excluding ortho intramolecular Hbond substituents is 1. The molecule has 0 radical (unpaired) electrons. The van der Waals surface area contributed by atoms with Crippen molar-refractivity contribution in [2.45, 2.75) is 6.92 Å². The predicted molar refractivity (Wildman–Crippen MR) is 60.1 cm³/mol. The molecule has 88 valence electrons. The summed E-state index contributed by atoms with van der Waals surface area (Å²) in [6, 6.07) is 5.69. The molecule has 0 atom stereocenters. The van der Waals surface area contributed by atoms with E-state index in [4.69, 9.17) is 9.15 Å². The van der Waals surface area contributed by atoms with Gasteiger partial charge in [0, 0.05) is 11.5 Å². The van der Waals surface area contributed by atoms with Crippen molar-refractivity contribution < 1.29 is 19.1 Å². The Hall–Kier alpha value is -2.30. The Morgan fingerprint density at radius 2 is 2.18 bits per heavy atom. The molecule has 1 N–H and O–H groups in total. The number of hydrogen-bond donors (Lipinski definition) is 1. The quantitative estimate of drug-likeness (QED) is 0.631. The first kappa shape index (κ1) is 11.2. The number of fused-ring (bicyclic) bond motifs is 1. The molecule has 0 fully saturated rings. The van der Waals surface area contributed by atoms with Crippen LogP contribution in [0, 0.1) is 0 Å². The Labute approximate surface area is 96.2 Å². The average molecular weight is 234 g/mol. The summed E-state index contributed by atoms with van der Waals surface area (Å²) in [6.45, 7) is 1.84. The number of benzene rings is 1. The van der Waals surface area contributed by atoms with Gasteiger partial charge in [-0.05, 0) is 25.1 Å². The van der Waals surface area contributed by atoms with Gasteiger partial charge in [0.25, 0.3) is 0 Å². The number of carbonyl (C=O) groups excluding carboxylic acids is 1. The van der Waals surface area contributed by atoms with Crippen molar-refractivity contribution in [3.63, 3.8) is 0 Å². The first-order valence-electron chi connectivity index (χ1n) is 5.06. The lowest BCUT2D eigenvalue weighted by atomic mass is 10.2. The highest BCUT2D eigenvalue weighted by Gasteiger charge is 2.14. The van der Waals surface area contributed by atoms with Gasteiger partial charge in [-0.1, -0.05) is 0 Å². The molecule has 0 aliphatic carbocycles. The molecule has 2 aromatic rings. The first-order valence-corrected chi connectivity index (χ1v) is 5.06. The Morgan fingerprint density at radius 3 is 2.88 bits per heavy atom. The van der Waals surface area contributed by atoms with Gasteiger partial charge in [0.05, 0.1) is 6.61 Å². The van der Waals surface area contributed by atoms with E-state index in [9.17, 15) is 14.7 Å². The van der Waals surface area contributed by atoms with Crippen molar-refractivity contribution in [2.75, 3.05) is 6.61 Å². The summed E-state index contributed by atoms with van der Waals surface area (Å²) in [5.41, 5.74) is -0.699. The maximum Gasteiger partial charge on any atom is 0.351 e. The fourth-order valence-corrected chi connectivity index (χ4v) is 1.45. The summed E-state index contributed by atoms with van der Waals surface area (Å²) in [6.07, 6.45) is 0. The molecule has 0 aliphatic rings. The molecule has 5 heteroatoms. The van der Waals surface area contributed by atoms with Crippen LogP contribution in [0.2, 0.25) is 0 Å². The highest BCUT2D eigenvalue weighted by molar-refractivity contribution is 5.93. The molecule has 0 unspecified atom stereocenters. The van der Waals surface area contributed by atoms with Crippen molar-refractivity contribution in [3.8, 4) is 5.75 Å². The van der Waals surface area contributed by atoms with E-state index in [-0.39, 0.29) is 23.5 Å². The van der Waals surface area contributed by atoms with E-state index in [1.807, 2.05) is 0 Å². The lowest BCUT2D eigenvalue weighted by Crippen LogP contribution is -2.16. The van der Waals surface area contributed by atoms with Crippen molar-refractivity contribution in [1.29, 1.82) is 0 Å². The second-order valence-electron chi connectivity index (χ2n) is 3.39. The molecule has 17 heavy (non-hydrogen) atoms. The maximum atomic E-state index is 11.5. The zero-order valence-corrected chi connectivity index (χ0v) is 9.10. The van der Waals surface area contributed by atoms with E-state index in [1.54, 1.807) is 13.0 Å². The van der Waals surface area contributed by atoms with Crippen LogP contribution in [-0.2, 0) is 4.74 Å². The monoisotopic (exact) mass is 234 g/mol. The normalized spacial score (nSPS) is 10.4. The smallest absolute Gasteiger partial charge is 0.351 e. The van der Waals surface area contributed by atoms with Crippen LogP contribution in [0.25, 0.3) is 11.0 Å². The highest BCUT2D eigenvalue weighted by atomic mass is 16.5. The molecule has 0 aliphatic heterocycles. The van der Waals surface area contributed by atoms with Crippen LogP contribution in [0.3, 0.4) is 0 Å². The fourth-order valence-electron chi connectivity index (χ4n) is 1.45.